The van der Waals surface area contributed by atoms with Gasteiger partial charge < -0.3 is 18.9 Å². The maximum absolute atomic E-state index is 12.4. The highest BCUT2D eigenvalue weighted by atomic mass is 16.7. The van der Waals surface area contributed by atoms with Crippen LogP contribution in [0.3, 0.4) is 0 Å². The Balaban J connectivity index is 1.28. The first-order valence-corrected chi connectivity index (χ1v) is 14.1. The molecule has 216 valence electrons. The molecule has 0 aliphatic rings. The molecule has 0 spiro atoms. The minimum atomic E-state index is -0.854. The molecule has 4 aromatic carbocycles. The van der Waals surface area contributed by atoms with Crippen LogP contribution in [0.5, 0.6) is 11.5 Å². The summed E-state index contributed by atoms with van der Waals surface area (Å²) >= 11 is 0. The van der Waals surface area contributed by atoms with E-state index in [-0.39, 0.29) is 11.9 Å². The number of rotatable bonds is 12. The van der Waals surface area contributed by atoms with E-state index in [1.807, 2.05) is 62.4 Å². The van der Waals surface area contributed by atoms with Crippen molar-refractivity contribution in [3.8, 4) is 33.8 Å². The van der Waals surface area contributed by atoms with Crippen molar-refractivity contribution in [3.05, 3.63) is 108 Å². The Bertz CT molecular complexity index is 1340. The fraction of sp³-hybridized carbons (Fsp3) is 0.229. The van der Waals surface area contributed by atoms with Crippen molar-refractivity contribution in [3.63, 3.8) is 0 Å². The lowest BCUT2D eigenvalue weighted by molar-refractivity contribution is 0.0490. The summed E-state index contributed by atoms with van der Waals surface area (Å²) in [6, 6.07) is 28.3. The van der Waals surface area contributed by atoms with Gasteiger partial charge in [-0.25, -0.2) is 14.4 Å². The topological polar surface area (TPSA) is 88.1 Å². The first-order valence-electron chi connectivity index (χ1n) is 14.1. The Morgan fingerprint density at radius 2 is 0.786 bits per heavy atom. The third-order valence-corrected chi connectivity index (χ3v) is 6.48. The van der Waals surface area contributed by atoms with Gasteiger partial charge in [-0.2, -0.15) is 0 Å². The van der Waals surface area contributed by atoms with Gasteiger partial charge in [0.25, 0.3) is 0 Å². The first kappa shape index (κ1) is 30.1. The van der Waals surface area contributed by atoms with Crippen molar-refractivity contribution < 1.29 is 33.3 Å². The van der Waals surface area contributed by atoms with Crippen LogP contribution in [-0.4, -0.2) is 31.3 Å². The largest absolute Gasteiger partial charge is 0.519 e. The Labute approximate surface area is 246 Å². The summed E-state index contributed by atoms with van der Waals surface area (Å²) in [6.45, 7) is 4.92. The number of carbonyl (C=O) groups excluding carboxylic acids is 3. The summed E-state index contributed by atoms with van der Waals surface area (Å²) in [5.41, 5.74) is 4.63. The molecule has 7 nitrogen and oxygen atoms in total. The normalized spacial score (nSPS) is 10.5. The molecule has 0 amide bonds. The average molecular weight is 567 g/mol. The van der Waals surface area contributed by atoms with Gasteiger partial charge in [0.15, 0.2) is 0 Å². The fourth-order valence-corrected chi connectivity index (χ4v) is 4.03. The van der Waals surface area contributed by atoms with Crippen LogP contribution in [-0.2, 0) is 9.47 Å². The fourth-order valence-electron chi connectivity index (χ4n) is 4.03. The molecule has 0 N–H and O–H groups in total. The lowest BCUT2D eigenvalue weighted by Gasteiger charge is -2.09. The van der Waals surface area contributed by atoms with Gasteiger partial charge in [0.05, 0.1) is 24.3 Å². The van der Waals surface area contributed by atoms with Crippen LogP contribution in [0.4, 0.5) is 4.79 Å². The van der Waals surface area contributed by atoms with Gasteiger partial charge in [-0.1, -0.05) is 75.2 Å². The second-order valence-corrected chi connectivity index (χ2v) is 9.64. The van der Waals surface area contributed by atoms with Gasteiger partial charge in [-0.05, 0) is 83.6 Å². The molecule has 0 saturated carbocycles. The van der Waals surface area contributed by atoms with E-state index in [1.54, 1.807) is 48.5 Å². The van der Waals surface area contributed by atoms with Crippen LogP contribution in [0.25, 0.3) is 22.3 Å². The standard InChI is InChI=1S/C35H34O7/c1-3-5-23-39-33(36)29-11-7-25(8-12-29)27-15-19-31(20-16-27)41-35(38)42-32-21-17-28(18-22-32)26-9-13-30(14-10-26)34(37)40-24-6-4-2/h7-22H,3-6,23-24H2,1-2H3. The van der Waals surface area contributed by atoms with Gasteiger partial charge in [-0.3, -0.25) is 0 Å². The molecular weight excluding hydrogens is 532 g/mol. The van der Waals surface area contributed by atoms with Crippen LogP contribution >= 0.6 is 0 Å². The molecule has 4 aromatic rings. The van der Waals surface area contributed by atoms with Gasteiger partial charge in [0, 0.05) is 0 Å². The smallest absolute Gasteiger partial charge is 0.462 e. The second kappa shape index (κ2) is 15.2. The molecule has 0 fully saturated rings. The summed E-state index contributed by atoms with van der Waals surface area (Å²) in [7, 11) is 0. The predicted molar refractivity (Wildman–Crippen MR) is 161 cm³/mol. The van der Waals surface area contributed by atoms with Crippen LogP contribution in [0.1, 0.15) is 60.2 Å². The maximum Gasteiger partial charge on any atom is 0.519 e. The highest BCUT2D eigenvalue weighted by molar-refractivity contribution is 5.90. The summed E-state index contributed by atoms with van der Waals surface area (Å²) in [5.74, 6) is 0.0131. The van der Waals surface area contributed by atoms with Crippen molar-refractivity contribution in [1.29, 1.82) is 0 Å². The molecule has 0 saturated heterocycles. The van der Waals surface area contributed by atoms with Crippen molar-refractivity contribution in [2.45, 2.75) is 39.5 Å². The average Bonchev–Trinajstić information content (AvgIpc) is 3.02. The Kier molecular flexibility index (Phi) is 10.9. The lowest BCUT2D eigenvalue weighted by Crippen LogP contribution is -2.13. The van der Waals surface area contributed by atoms with Gasteiger partial charge in [0.2, 0.25) is 0 Å². The quantitative estimate of drug-likeness (QED) is 0.0965. The molecular formula is C35H34O7. The number of hydrogen-bond donors (Lipinski definition) is 0. The molecule has 0 aliphatic heterocycles. The maximum atomic E-state index is 12.4. The molecule has 7 heteroatoms. The lowest BCUT2D eigenvalue weighted by atomic mass is 10.0. The monoisotopic (exact) mass is 566 g/mol. The van der Waals surface area contributed by atoms with Crippen LogP contribution in [0.15, 0.2) is 97.1 Å². The molecule has 42 heavy (non-hydrogen) atoms. The minimum Gasteiger partial charge on any atom is -0.462 e. The van der Waals surface area contributed by atoms with Crippen molar-refractivity contribution >= 4 is 18.1 Å². The molecule has 0 aliphatic carbocycles. The molecule has 0 atom stereocenters. The van der Waals surface area contributed by atoms with E-state index in [9.17, 15) is 14.4 Å². The number of unbranched alkanes of at least 4 members (excludes halogenated alkanes) is 2. The molecule has 0 unspecified atom stereocenters. The van der Waals surface area contributed by atoms with E-state index >= 15 is 0 Å². The van der Waals surface area contributed by atoms with E-state index in [4.69, 9.17) is 18.9 Å². The van der Waals surface area contributed by atoms with E-state index in [2.05, 4.69) is 0 Å². The predicted octanol–water partition coefficient (Wildman–Crippen LogP) is 8.51. The minimum absolute atomic E-state index is 0.331. The van der Waals surface area contributed by atoms with Crippen LogP contribution in [0.2, 0.25) is 0 Å². The van der Waals surface area contributed by atoms with E-state index in [0.29, 0.717) is 35.8 Å². The number of esters is 2. The van der Waals surface area contributed by atoms with E-state index in [1.165, 1.54) is 0 Å². The van der Waals surface area contributed by atoms with Crippen LogP contribution < -0.4 is 9.47 Å². The molecule has 0 radical (unpaired) electrons. The zero-order valence-corrected chi connectivity index (χ0v) is 23.8. The third-order valence-electron chi connectivity index (χ3n) is 6.48. The summed E-state index contributed by atoms with van der Waals surface area (Å²) in [6.07, 6.45) is 2.76. The van der Waals surface area contributed by atoms with E-state index < -0.39 is 6.16 Å². The Morgan fingerprint density at radius 3 is 1.10 bits per heavy atom. The van der Waals surface area contributed by atoms with Crippen molar-refractivity contribution in [2.24, 2.45) is 0 Å². The molecule has 0 aromatic heterocycles. The zero-order chi connectivity index (χ0) is 29.7. The van der Waals surface area contributed by atoms with Crippen molar-refractivity contribution in [1.82, 2.24) is 0 Å². The third kappa shape index (κ3) is 8.54. The summed E-state index contributed by atoms with van der Waals surface area (Å²) in [4.78, 5) is 36.5. The van der Waals surface area contributed by atoms with E-state index in [0.717, 1.165) is 47.9 Å². The zero-order valence-electron chi connectivity index (χ0n) is 23.8. The summed E-state index contributed by atoms with van der Waals surface area (Å²) in [5, 5.41) is 0. The number of carbonyl (C=O) groups is 3. The Hall–Kier alpha value is -4.91. The van der Waals surface area contributed by atoms with Gasteiger partial charge in [-0.15, -0.1) is 0 Å². The number of ether oxygens (including phenoxy) is 4. The number of hydrogen-bond acceptors (Lipinski definition) is 7. The van der Waals surface area contributed by atoms with Crippen molar-refractivity contribution in [2.75, 3.05) is 13.2 Å². The number of benzene rings is 4. The molecule has 0 bridgehead atoms. The van der Waals surface area contributed by atoms with Crippen LogP contribution in [0, 0.1) is 0 Å². The molecule has 4 rings (SSSR count). The van der Waals surface area contributed by atoms with Gasteiger partial charge in [0.1, 0.15) is 11.5 Å². The Morgan fingerprint density at radius 1 is 0.476 bits per heavy atom. The highest BCUT2D eigenvalue weighted by Crippen LogP contribution is 2.25. The van der Waals surface area contributed by atoms with Gasteiger partial charge >= 0.3 is 18.1 Å². The first-order chi connectivity index (χ1) is 20.5. The SMILES string of the molecule is CCCCOC(=O)c1ccc(-c2ccc(OC(=O)Oc3ccc(-c4ccc(C(=O)OCCCC)cc4)cc3)cc2)cc1. The molecule has 0 heterocycles. The second-order valence-electron chi connectivity index (χ2n) is 9.64. The highest BCUT2D eigenvalue weighted by Gasteiger charge is 2.11. The summed E-state index contributed by atoms with van der Waals surface area (Å²) < 4.78 is 21.1.